The highest BCUT2D eigenvalue weighted by Crippen LogP contribution is 2.50. The summed E-state index contributed by atoms with van der Waals surface area (Å²) in [6.45, 7) is 2.14. The molecule has 0 bridgehead atoms. The average Bonchev–Trinajstić information content (AvgIpc) is 3.17. The van der Waals surface area contributed by atoms with E-state index >= 15 is 0 Å². The van der Waals surface area contributed by atoms with Crippen LogP contribution in [-0.4, -0.2) is 21.2 Å². The fourth-order valence-corrected chi connectivity index (χ4v) is 4.59. The topological polar surface area (TPSA) is 70.7 Å². The van der Waals surface area contributed by atoms with Gasteiger partial charge in [-0.05, 0) is 30.5 Å². The minimum atomic E-state index is -0.534. The zero-order valence-electron chi connectivity index (χ0n) is 11.9. The van der Waals surface area contributed by atoms with Gasteiger partial charge in [-0.3, -0.25) is 10.7 Å². The van der Waals surface area contributed by atoms with Crippen molar-refractivity contribution in [2.45, 2.75) is 11.9 Å². The Hall–Kier alpha value is -1.40. The van der Waals surface area contributed by atoms with Crippen molar-refractivity contribution in [1.29, 1.82) is 0 Å². The number of hydrogen-bond acceptors (Lipinski definition) is 5. The van der Waals surface area contributed by atoms with Crippen molar-refractivity contribution in [2.24, 2.45) is 4.99 Å². The van der Waals surface area contributed by atoms with E-state index in [1.807, 2.05) is 5.48 Å². The highest BCUT2D eigenvalue weighted by Gasteiger charge is 2.19. The Morgan fingerprint density at radius 1 is 1.52 bits per heavy atom. The van der Waals surface area contributed by atoms with Crippen LogP contribution in [0.3, 0.4) is 0 Å². The van der Waals surface area contributed by atoms with E-state index in [4.69, 9.17) is 16.1 Å². The smallest absolute Gasteiger partial charge is 0.179 e. The molecule has 0 spiro atoms. The van der Waals surface area contributed by atoms with E-state index in [0.29, 0.717) is 30.7 Å². The Kier molecular flexibility index (Phi) is 5.02. The van der Waals surface area contributed by atoms with Crippen LogP contribution in [0.4, 0.5) is 10.1 Å². The molecule has 1 aromatic carbocycles. The highest BCUT2D eigenvalue weighted by atomic mass is 35.5. The van der Waals surface area contributed by atoms with Gasteiger partial charge in [0.2, 0.25) is 0 Å². The first-order valence-electron chi connectivity index (χ1n) is 6.60. The SMILES string of the molecule is CC1PC(c2cc(C(=Nc3ccc(F)c(Cl)c3)NO)no2)=CS1. The third kappa shape index (κ3) is 3.75. The van der Waals surface area contributed by atoms with Gasteiger partial charge in [0.25, 0.3) is 0 Å². The highest BCUT2D eigenvalue weighted by molar-refractivity contribution is 8.09. The monoisotopic (exact) mass is 371 g/mol. The maximum Gasteiger partial charge on any atom is 0.179 e. The summed E-state index contributed by atoms with van der Waals surface area (Å²) in [6, 6.07) is 5.70. The summed E-state index contributed by atoms with van der Waals surface area (Å²) in [5, 5.41) is 16.3. The summed E-state index contributed by atoms with van der Waals surface area (Å²) in [6.07, 6.45) is 0. The van der Waals surface area contributed by atoms with Crippen LogP contribution in [0.5, 0.6) is 0 Å². The van der Waals surface area contributed by atoms with Crippen molar-refractivity contribution in [2.75, 3.05) is 0 Å². The van der Waals surface area contributed by atoms with Crippen LogP contribution in [0.2, 0.25) is 5.02 Å². The van der Waals surface area contributed by atoms with Crippen molar-refractivity contribution in [3.8, 4) is 0 Å². The van der Waals surface area contributed by atoms with Crippen LogP contribution >= 0.6 is 31.9 Å². The first-order chi connectivity index (χ1) is 11.1. The number of benzene rings is 1. The second kappa shape index (κ2) is 7.01. The lowest BCUT2D eigenvalue weighted by Crippen LogP contribution is -2.20. The Morgan fingerprint density at radius 2 is 2.35 bits per heavy atom. The molecule has 2 aromatic rings. The summed E-state index contributed by atoms with van der Waals surface area (Å²) >= 11 is 7.47. The summed E-state index contributed by atoms with van der Waals surface area (Å²) in [4.78, 5) is 4.70. The van der Waals surface area contributed by atoms with Crippen molar-refractivity contribution < 1.29 is 14.1 Å². The fraction of sp³-hybridized carbons (Fsp3) is 0.143. The van der Waals surface area contributed by atoms with Gasteiger partial charge in [0, 0.05) is 16.4 Å². The number of aliphatic imine (C=N–C) groups is 1. The minimum Gasteiger partial charge on any atom is -0.356 e. The number of nitrogens with one attached hydrogen (secondary N) is 1. The largest absolute Gasteiger partial charge is 0.356 e. The molecule has 0 aliphatic carbocycles. The molecule has 0 fully saturated rings. The maximum absolute atomic E-state index is 13.2. The number of thioether (sulfide) groups is 1. The molecule has 1 aromatic heterocycles. The van der Waals surface area contributed by atoms with Gasteiger partial charge in [-0.15, -0.1) is 11.8 Å². The Labute approximate surface area is 142 Å². The number of nitrogens with zero attached hydrogens (tertiary/aromatic N) is 2. The second-order valence-electron chi connectivity index (χ2n) is 4.70. The molecule has 1 aliphatic heterocycles. The zero-order chi connectivity index (χ0) is 16.4. The lowest BCUT2D eigenvalue weighted by molar-refractivity contribution is 0.234. The number of hydrogen-bond donors (Lipinski definition) is 2. The first-order valence-corrected chi connectivity index (χ1v) is 9.00. The molecule has 23 heavy (non-hydrogen) atoms. The van der Waals surface area contributed by atoms with Crippen LogP contribution in [-0.2, 0) is 0 Å². The van der Waals surface area contributed by atoms with E-state index in [0.717, 1.165) is 5.31 Å². The van der Waals surface area contributed by atoms with Gasteiger partial charge in [0.15, 0.2) is 17.3 Å². The Bertz CT molecular complexity index is 796. The van der Waals surface area contributed by atoms with Gasteiger partial charge in [-0.2, -0.15) is 0 Å². The van der Waals surface area contributed by atoms with E-state index in [9.17, 15) is 9.60 Å². The summed E-state index contributed by atoms with van der Waals surface area (Å²) in [7, 11) is 0.637. The Morgan fingerprint density at radius 3 is 3.00 bits per heavy atom. The molecule has 0 amide bonds. The van der Waals surface area contributed by atoms with Crippen LogP contribution in [0.1, 0.15) is 18.4 Å². The third-order valence-electron chi connectivity index (χ3n) is 3.02. The van der Waals surface area contributed by atoms with E-state index in [2.05, 4.69) is 22.5 Å². The van der Waals surface area contributed by atoms with E-state index < -0.39 is 5.82 Å². The predicted octanol–water partition coefficient (Wildman–Crippen LogP) is 4.59. The molecule has 2 heterocycles. The molecular weight excluding hydrogens is 360 g/mol. The summed E-state index contributed by atoms with van der Waals surface area (Å²) in [5.74, 6) is 0.203. The average molecular weight is 372 g/mol. The predicted molar refractivity (Wildman–Crippen MR) is 92.4 cm³/mol. The van der Waals surface area contributed by atoms with Gasteiger partial charge in [0.1, 0.15) is 5.82 Å². The van der Waals surface area contributed by atoms with Gasteiger partial charge >= 0.3 is 0 Å². The molecule has 2 atom stereocenters. The van der Waals surface area contributed by atoms with E-state index in [1.165, 1.54) is 18.2 Å². The summed E-state index contributed by atoms with van der Waals surface area (Å²) < 4.78 is 18.5. The fourth-order valence-electron chi connectivity index (χ4n) is 1.92. The molecule has 120 valence electrons. The van der Waals surface area contributed by atoms with Crippen molar-refractivity contribution >= 4 is 48.8 Å². The quantitative estimate of drug-likeness (QED) is 0.357. The normalized spacial score (nSPS) is 19.2. The summed E-state index contributed by atoms with van der Waals surface area (Å²) in [5.41, 5.74) is 2.71. The Balaban J connectivity index is 1.87. The molecule has 0 saturated heterocycles. The number of aromatic nitrogens is 1. The van der Waals surface area contributed by atoms with E-state index in [-0.39, 0.29) is 10.9 Å². The number of halogens is 2. The second-order valence-corrected chi connectivity index (χ2v) is 8.44. The standard InChI is InChI=1S/C14H12ClFN3O2PS/c1-7-22-13(6-23-7)12-5-11(19-21-12)14(18-20)17-8-2-3-10(16)9(15)4-8/h2-7,20,22H,1H3,(H,17,18). The minimum absolute atomic E-state index is 0.0484. The van der Waals surface area contributed by atoms with Gasteiger partial charge in [-0.25, -0.2) is 9.38 Å². The van der Waals surface area contributed by atoms with Gasteiger partial charge in [-0.1, -0.05) is 25.3 Å². The molecule has 2 unspecified atom stereocenters. The third-order valence-corrected chi connectivity index (χ3v) is 6.17. The molecule has 0 saturated carbocycles. The lowest BCUT2D eigenvalue weighted by Gasteiger charge is -2.01. The lowest BCUT2D eigenvalue weighted by atomic mass is 10.3. The number of hydroxylamine groups is 1. The molecular formula is C14H12ClFN3O2PS. The van der Waals surface area contributed by atoms with Gasteiger partial charge in [0.05, 0.1) is 10.7 Å². The van der Waals surface area contributed by atoms with E-state index in [1.54, 1.807) is 17.8 Å². The van der Waals surface area contributed by atoms with Crippen LogP contribution < -0.4 is 5.48 Å². The number of rotatable bonds is 3. The number of amidine groups is 1. The molecule has 5 nitrogen and oxygen atoms in total. The molecule has 3 rings (SSSR count). The van der Waals surface area contributed by atoms with Crippen molar-refractivity contribution in [3.63, 3.8) is 0 Å². The van der Waals surface area contributed by atoms with Crippen LogP contribution in [0, 0.1) is 5.82 Å². The first kappa shape index (κ1) is 16.5. The van der Waals surface area contributed by atoms with Crippen LogP contribution in [0.25, 0.3) is 5.31 Å². The van der Waals surface area contributed by atoms with Gasteiger partial charge < -0.3 is 4.52 Å². The molecule has 9 heteroatoms. The molecule has 1 aliphatic rings. The molecule has 2 N–H and O–H groups in total. The molecule has 0 radical (unpaired) electrons. The van der Waals surface area contributed by atoms with Crippen molar-refractivity contribution in [3.05, 3.63) is 52.0 Å². The van der Waals surface area contributed by atoms with Crippen molar-refractivity contribution in [1.82, 2.24) is 10.6 Å². The van der Waals surface area contributed by atoms with Crippen LogP contribution in [0.15, 0.2) is 39.2 Å². The maximum atomic E-state index is 13.2. The zero-order valence-corrected chi connectivity index (χ0v) is 14.5.